The van der Waals surface area contributed by atoms with E-state index in [4.69, 9.17) is 0 Å². The Bertz CT molecular complexity index is 871. The number of carbonyl (C=O) groups excluding carboxylic acids is 2. The molecule has 1 N–H and O–H groups in total. The Morgan fingerprint density at radius 1 is 1.13 bits per heavy atom. The third-order valence-corrected chi connectivity index (χ3v) is 9.19. The molecule has 5 heteroatoms. The Morgan fingerprint density at radius 2 is 1.77 bits per heavy atom. The van der Waals surface area contributed by atoms with Gasteiger partial charge >= 0.3 is 0 Å². The molecule has 3 aliphatic rings. The average molecular weight is 427 g/mol. The first-order valence-corrected chi connectivity index (χ1v) is 12.0. The predicted octanol–water partition coefficient (Wildman–Crippen LogP) is 4.12. The molecule has 2 amide bonds. The van der Waals surface area contributed by atoms with E-state index in [9.17, 15) is 14.7 Å². The molecular weight excluding hydrogens is 388 g/mol. The summed E-state index contributed by atoms with van der Waals surface area (Å²) in [5, 5.41) is 10.6. The fraction of sp³-hybridized carbons (Fsp3) is 0.692. The lowest BCUT2D eigenvalue weighted by Gasteiger charge is -2.61. The normalized spacial score (nSPS) is 31.6. The number of carbonyl (C=O) groups is 2. The van der Waals surface area contributed by atoms with E-state index in [0.717, 1.165) is 50.8 Å². The second kappa shape index (κ2) is 7.83. The molecule has 2 bridgehead atoms. The summed E-state index contributed by atoms with van der Waals surface area (Å²) in [7, 11) is 1.86. The largest absolute Gasteiger partial charge is 0.508 e. The molecule has 0 unspecified atom stereocenters. The van der Waals surface area contributed by atoms with Gasteiger partial charge in [-0.25, -0.2) is 0 Å². The van der Waals surface area contributed by atoms with E-state index in [1.807, 2.05) is 20.0 Å². The highest BCUT2D eigenvalue weighted by Gasteiger charge is 2.57. The molecule has 1 aromatic rings. The molecule has 1 heterocycles. The van der Waals surface area contributed by atoms with Crippen molar-refractivity contribution in [1.29, 1.82) is 0 Å². The van der Waals surface area contributed by atoms with E-state index in [1.165, 1.54) is 5.56 Å². The first-order chi connectivity index (χ1) is 14.6. The van der Waals surface area contributed by atoms with Crippen LogP contribution in [0.1, 0.15) is 70.9 Å². The van der Waals surface area contributed by atoms with Gasteiger partial charge in [0.25, 0.3) is 0 Å². The van der Waals surface area contributed by atoms with Crippen LogP contribution in [0.15, 0.2) is 18.2 Å². The zero-order valence-electron chi connectivity index (χ0n) is 19.8. The fourth-order valence-electron chi connectivity index (χ4n) is 6.48. The lowest BCUT2D eigenvalue weighted by molar-refractivity contribution is -0.150. The van der Waals surface area contributed by atoms with Gasteiger partial charge in [-0.05, 0) is 68.1 Å². The number of nitrogens with zero attached hydrogens (tertiary/aromatic N) is 2. The van der Waals surface area contributed by atoms with Crippen molar-refractivity contribution in [3.63, 3.8) is 0 Å². The van der Waals surface area contributed by atoms with E-state index in [2.05, 4.69) is 31.7 Å². The van der Waals surface area contributed by atoms with Crippen LogP contribution in [0, 0.1) is 17.3 Å². The summed E-state index contributed by atoms with van der Waals surface area (Å²) in [6, 6.07) is 5.97. The third kappa shape index (κ3) is 3.35. The topological polar surface area (TPSA) is 60.9 Å². The number of aromatic hydroxyl groups is 1. The van der Waals surface area contributed by atoms with E-state index >= 15 is 0 Å². The number of phenolic OH excluding ortho intramolecular Hbond substituents is 1. The van der Waals surface area contributed by atoms with Crippen molar-refractivity contribution in [2.45, 2.75) is 77.7 Å². The van der Waals surface area contributed by atoms with E-state index in [-0.39, 0.29) is 40.5 Å². The van der Waals surface area contributed by atoms with Gasteiger partial charge in [0.2, 0.25) is 11.8 Å². The van der Waals surface area contributed by atoms with Crippen LogP contribution in [0.3, 0.4) is 0 Å². The third-order valence-electron chi connectivity index (χ3n) is 9.19. The summed E-state index contributed by atoms with van der Waals surface area (Å²) < 4.78 is 0. The maximum Gasteiger partial charge on any atom is 0.225 e. The molecule has 0 aromatic heterocycles. The second-order valence-corrected chi connectivity index (χ2v) is 10.8. The Labute approximate surface area is 186 Å². The first-order valence-electron chi connectivity index (χ1n) is 12.0. The van der Waals surface area contributed by atoms with Crippen molar-refractivity contribution in [2.24, 2.45) is 17.3 Å². The molecule has 31 heavy (non-hydrogen) atoms. The minimum Gasteiger partial charge on any atom is -0.508 e. The number of likely N-dealkylation sites (tertiary alicyclic amines) is 1. The second-order valence-electron chi connectivity index (χ2n) is 10.8. The van der Waals surface area contributed by atoms with Crippen molar-refractivity contribution in [1.82, 2.24) is 9.80 Å². The minimum absolute atomic E-state index is 0.0157. The maximum atomic E-state index is 13.7. The monoisotopic (exact) mass is 426 g/mol. The fourth-order valence-corrected chi connectivity index (χ4v) is 6.48. The number of piperidine rings is 1. The van der Waals surface area contributed by atoms with Crippen LogP contribution < -0.4 is 0 Å². The molecule has 1 saturated carbocycles. The first kappa shape index (κ1) is 22.2. The van der Waals surface area contributed by atoms with E-state index in [1.54, 1.807) is 11.0 Å². The van der Waals surface area contributed by atoms with Crippen molar-refractivity contribution in [2.75, 3.05) is 20.1 Å². The number of phenols is 1. The zero-order chi connectivity index (χ0) is 22.6. The Kier molecular flexibility index (Phi) is 5.60. The van der Waals surface area contributed by atoms with Gasteiger partial charge in [0.05, 0.1) is 0 Å². The molecule has 1 aliphatic heterocycles. The quantitative estimate of drug-likeness (QED) is 0.791. The van der Waals surface area contributed by atoms with Crippen molar-refractivity contribution < 1.29 is 14.7 Å². The van der Waals surface area contributed by atoms with Crippen LogP contribution in [0.4, 0.5) is 0 Å². The van der Waals surface area contributed by atoms with Gasteiger partial charge in [0.1, 0.15) is 5.75 Å². The summed E-state index contributed by atoms with van der Waals surface area (Å²) in [5.74, 6) is 0.921. The Morgan fingerprint density at radius 3 is 2.42 bits per heavy atom. The van der Waals surface area contributed by atoms with E-state index in [0.29, 0.717) is 12.2 Å². The van der Waals surface area contributed by atoms with Crippen molar-refractivity contribution >= 4 is 11.8 Å². The molecule has 2 fully saturated rings. The van der Waals surface area contributed by atoms with Gasteiger partial charge in [-0.1, -0.05) is 32.9 Å². The van der Waals surface area contributed by atoms with E-state index < -0.39 is 0 Å². The Hall–Kier alpha value is -2.04. The number of amides is 2. The standard InChI is InChI=1S/C26H38N2O3/c1-6-27(5)23(30)17-10-12-18(13-11-17)24(31)28-15-14-26(4)20-8-7-9-21(29)19(20)16-22(28)25(26,2)3/h7-9,17-18,22,29H,6,10-16H2,1-5H3/t17?,18?,22-,26-/m0/s1. The molecule has 1 saturated heterocycles. The van der Waals surface area contributed by atoms with Crippen molar-refractivity contribution in [3.05, 3.63) is 29.3 Å². The molecule has 4 rings (SSSR count). The molecule has 170 valence electrons. The SMILES string of the molecule is CCN(C)C(=O)C1CCC(C(=O)N2CC[C@@]3(C)c4cccc(O)c4C[C@H]2C3(C)C)CC1. The Balaban J connectivity index is 1.53. The number of hydrogen-bond acceptors (Lipinski definition) is 3. The van der Waals surface area contributed by atoms with Crippen LogP contribution in [-0.4, -0.2) is 52.9 Å². The number of rotatable bonds is 3. The highest BCUT2D eigenvalue weighted by molar-refractivity contribution is 5.82. The highest BCUT2D eigenvalue weighted by atomic mass is 16.3. The van der Waals surface area contributed by atoms with Gasteiger partial charge in [-0.2, -0.15) is 0 Å². The van der Waals surface area contributed by atoms with Crippen LogP contribution in [0.2, 0.25) is 0 Å². The summed E-state index contributed by atoms with van der Waals surface area (Å²) in [4.78, 5) is 30.1. The maximum absolute atomic E-state index is 13.7. The summed E-state index contributed by atoms with van der Waals surface area (Å²) in [5.41, 5.74) is 2.14. The highest BCUT2D eigenvalue weighted by Crippen LogP contribution is 2.57. The lowest BCUT2D eigenvalue weighted by atomic mass is 9.51. The van der Waals surface area contributed by atoms with Crippen LogP contribution in [0.25, 0.3) is 0 Å². The number of benzene rings is 1. The van der Waals surface area contributed by atoms with Crippen LogP contribution >= 0.6 is 0 Å². The predicted molar refractivity (Wildman–Crippen MR) is 122 cm³/mol. The molecule has 2 aliphatic carbocycles. The van der Waals surface area contributed by atoms with Gasteiger partial charge in [-0.3, -0.25) is 9.59 Å². The molecule has 2 atom stereocenters. The number of fused-ring (bicyclic) bond motifs is 4. The zero-order valence-corrected chi connectivity index (χ0v) is 19.8. The van der Waals surface area contributed by atoms with Gasteiger partial charge in [0.15, 0.2) is 0 Å². The summed E-state index contributed by atoms with van der Waals surface area (Å²) >= 11 is 0. The van der Waals surface area contributed by atoms with Crippen molar-refractivity contribution in [3.8, 4) is 5.75 Å². The minimum atomic E-state index is -0.0707. The molecule has 5 nitrogen and oxygen atoms in total. The molecule has 1 aromatic carbocycles. The van der Waals surface area contributed by atoms with Crippen LogP contribution in [-0.2, 0) is 21.4 Å². The number of hydrogen-bond donors (Lipinski definition) is 1. The van der Waals surface area contributed by atoms with Gasteiger partial charge in [-0.15, -0.1) is 0 Å². The lowest BCUT2D eigenvalue weighted by Crippen LogP contribution is -2.65. The summed E-state index contributed by atoms with van der Waals surface area (Å²) in [6.45, 7) is 10.4. The smallest absolute Gasteiger partial charge is 0.225 e. The van der Waals surface area contributed by atoms with Gasteiger partial charge in [0, 0.05) is 43.4 Å². The average Bonchev–Trinajstić information content (AvgIpc) is 2.75. The van der Waals surface area contributed by atoms with Gasteiger partial charge < -0.3 is 14.9 Å². The molecular formula is C26H38N2O3. The van der Waals surface area contributed by atoms with Crippen LogP contribution in [0.5, 0.6) is 5.75 Å². The molecule has 0 spiro atoms. The molecule has 0 radical (unpaired) electrons. The summed E-state index contributed by atoms with van der Waals surface area (Å²) in [6.07, 6.45) is 4.84.